The van der Waals surface area contributed by atoms with Gasteiger partial charge in [0.1, 0.15) is 5.41 Å². The maximum Gasteiger partial charge on any atom is 0.237 e. The number of nitrogens with one attached hydrogen (secondary N) is 1. The van der Waals surface area contributed by atoms with E-state index in [0.29, 0.717) is 13.1 Å². The quantitative estimate of drug-likeness (QED) is 0.789. The van der Waals surface area contributed by atoms with E-state index in [9.17, 15) is 9.59 Å². The molecule has 116 valence electrons. The lowest BCUT2D eigenvalue weighted by Gasteiger charge is -2.38. The monoisotopic (exact) mass is 283 g/mol. The maximum atomic E-state index is 12.6. The number of likely N-dealkylation sites (N-methyl/N-ethyl adjacent to an activating group) is 1. The highest BCUT2D eigenvalue weighted by atomic mass is 16.2. The number of hydrogen-bond acceptors (Lipinski definition) is 3. The molecule has 0 atom stereocenters. The Balaban J connectivity index is 2.68. The summed E-state index contributed by atoms with van der Waals surface area (Å²) in [5.41, 5.74) is -1.34. The van der Waals surface area contributed by atoms with Crippen LogP contribution in [0.1, 0.15) is 41.5 Å². The van der Waals surface area contributed by atoms with Crippen molar-refractivity contribution in [3.63, 3.8) is 0 Å². The Morgan fingerprint density at radius 3 is 1.90 bits per heavy atom. The van der Waals surface area contributed by atoms with Crippen molar-refractivity contribution in [3.8, 4) is 0 Å². The Bertz CT molecular complexity index is 364. The molecule has 5 heteroatoms. The molecule has 5 nitrogen and oxygen atoms in total. The molecular weight excluding hydrogens is 254 g/mol. The zero-order chi connectivity index (χ0) is 15.6. The van der Waals surface area contributed by atoms with Gasteiger partial charge in [0.25, 0.3) is 0 Å². The van der Waals surface area contributed by atoms with Gasteiger partial charge in [0.15, 0.2) is 0 Å². The summed E-state index contributed by atoms with van der Waals surface area (Å²) in [5.74, 6) is -0.275. The fourth-order valence-electron chi connectivity index (χ4n) is 2.26. The third-order valence-corrected chi connectivity index (χ3v) is 3.70. The Hall–Kier alpha value is -1.10. The molecule has 0 unspecified atom stereocenters. The van der Waals surface area contributed by atoms with Crippen molar-refractivity contribution < 1.29 is 9.59 Å². The number of nitrogens with zero attached hydrogens (tertiary/aromatic N) is 2. The van der Waals surface area contributed by atoms with Crippen LogP contribution in [-0.2, 0) is 9.59 Å². The molecule has 1 rings (SSSR count). The number of carbonyl (C=O) groups is 2. The minimum absolute atomic E-state index is 0.0741. The van der Waals surface area contributed by atoms with E-state index in [4.69, 9.17) is 0 Å². The summed E-state index contributed by atoms with van der Waals surface area (Å²) in [6, 6.07) is 0. The lowest BCUT2D eigenvalue weighted by Crippen LogP contribution is -2.57. The largest absolute Gasteiger partial charge is 0.351 e. The van der Waals surface area contributed by atoms with Gasteiger partial charge in [-0.05, 0) is 41.2 Å². The van der Waals surface area contributed by atoms with E-state index in [2.05, 4.69) is 17.1 Å². The van der Waals surface area contributed by atoms with E-state index >= 15 is 0 Å². The minimum Gasteiger partial charge on any atom is -0.351 e. The van der Waals surface area contributed by atoms with Crippen molar-refractivity contribution in [1.82, 2.24) is 15.1 Å². The lowest BCUT2D eigenvalue weighted by molar-refractivity contribution is -0.150. The van der Waals surface area contributed by atoms with Crippen LogP contribution in [-0.4, -0.2) is 59.9 Å². The Morgan fingerprint density at radius 2 is 1.50 bits per heavy atom. The van der Waals surface area contributed by atoms with Crippen LogP contribution in [0.4, 0.5) is 0 Å². The molecule has 0 spiro atoms. The van der Waals surface area contributed by atoms with E-state index in [1.54, 1.807) is 13.8 Å². The summed E-state index contributed by atoms with van der Waals surface area (Å²) in [4.78, 5) is 29.0. The van der Waals surface area contributed by atoms with Gasteiger partial charge < -0.3 is 15.1 Å². The molecule has 0 aromatic carbocycles. The summed E-state index contributed by atoms with van der Waals surface area (Å²) in [5, 5.41) is 2.90. The first-order valence-electron chi connectivity index (χ1n) is 7.42. The van der Waals surface area contributed by atoms with Crippen molar-refractivity contribution in [1.29, 1.82) is 0 Å². The molecular formula is C15H29N3O2. The average Bonchev–Trinajstić information content (AvgIpc) is 2.36. The van der Waals surface area contributed by atoms with E-state index in [-0.39, 0.29) is 17.4 Å². The predicted molar refractivity (Wildman–Crippen MR) is 80.4 cm³/mol. The summed E-state index contributed by atoms with van der Waals surface area (Å²) < 4.78 is 0. The average molecular weight is 283 g/mol. The van der Waals surface area contributed by atoms with Crippen LogP contribution in [0.5, 0.6) is 0 Å². The van der Waals surface area contributed by atoms with Gasteiger partial charge in [-0.2, -0.15) is 0 Å². The maximum absolute atomic E-state index is 12.6. The number of piperazine rings is 1. The van der Waals surface area contributed by atoms with Crippen molar-refractivity contribution >= 4 is 11.8 Å². The topological polar surface area (TPSA) is 52.7 Å². The third kappa shape index (κ3) is 4.20. The molecule has 1 saturated heterocycles. The smallest absolute Gasteiger partial charge is 0.237 e. The summed E-state index contributed by atoms with van der Waals surface area (Å²) in [6.07, 6.45) is 0. The first-order valence-corrected chi connectivity index (χ1v) is 7.42. The minimum atomic E-state index is -1.01. The molecule has 0 aromatic rings. The summed E-state index contributed by atoms with van der Waals surface area (Å²) >= 11 is 0. The second-order valence-corrected chi connectivity index (χ2v) is 7.06. The highest BCUT2D eigenvalue weighted by molar-refractivity contribution is 6.04. The molecule has 1 aliphatic rings. The number of carbonyl (C=O) groups excluding carboxylic acids is 2. The molecule has 1 heterocycles. The van der Waals surface area contributed by atoms with Crippen LogP contribution in [0.15, 0.2) is 0 Å². The molecule has 0 saturated carbocycles. The third-order valence-electron chi connectivity index (χ3n) is 3.70. The van der Waals surface area contributed by atoms with E-state index in [0.717, 1.165) is 19.6 Å². The molecule has 2 amide bonds. The number of amides is 2. The van der Waals surface area contributed by atoms with E-state index in [1.165, 1.54) is 0 Å². The van der Waals surface area contributed by atoms with Crippen molar-refractivity contribution in [2.75, 3.05) is 32.7 Å². The summed E-state index contributed by atoms with van der Waals surface area (Å²) in [7, 11) is 0. The fourth-order valence-corrected chi connectivity index (χ4v) is 2.26. The standard InChI is InChI=1S/C15H29N3O2/c1-7-17-8-10-18(11-9-17)13(20)15(5,6)12(19)16-14(2,3)4/h7-11H2,1-6H3,(H,16,19). The SMILES string of the molecule is CCN1CCN(C(=O)C(C)(C)C(=O)NC(C)(C)C)CC1. The van der Waals surface area contributed by atoms with Gasteiger partial charge in [-0.25, -0.2) is 0 Å². The van der Waals surface area contributed by atoms with Crippen LogP contribution < -0.4 is 5.32 Å². The zero-order valence-corrected chi connectivity index (χ0v) is 13.7. The molecule has 1 aliphatic heterocycles. The number of hydrogen-bond donors (Lipinski definition) is 1. The van der Waals surface area contributed by atoms with Crippen molar-refractivity contribution in [2.24, 2.45) is 5.41 Å². The zero-order valence-electron chi connectivity index (χ0n) is 13.7. The summed E-state index contributed by atoms with van der Waals surface area (Å²) in [6.45, 7) is 15.5. The van der Waals surface area contributed by atoms with Gasteiger partial charge in [0, 0.05) is 31.7 Å². The second kappa shape index (κ2) is 6.12. The molecule has 1 fully saturated rings. The van der Waals surface area contributed by atoms with Gasteiger partial charge in [-0.15, -0.1) is 0 Å². The Morgan fingerprint density at radius 1 is 1.00 bits per heavy atom. The normalized spacial score (nSPS) is 18.0. The van der Waals surface area contributed by atoms with Crippen LogP contribution in [0.2, 0.25) is 0 Å². The van der Waals surface area contributed by atoms with E-state index in [1.807, 2.05) is 25.7 Å². The Kier molecular flexibility index (Phi) is 5.19. The molecule has 20 heavy (non-hydrogen) atoms. The first kappa shape index (κ1) is 17.0. The van der Waals surface area contributed by atoms with Gasteiger partial charge in [0.2, 0.25) is 11.8 Å². The molecule has 0 radical (unpaired) electrons. The van der Waals surface area contributed by atoms with Crippen LogP contribution in [0.25, 0.3) is 0 Å². The van der Waals surface area contributed by atoms with E-state index < -0.39 is 5.41 Å². The fraction of sp³-hybridized carbons (Fsp3) is 0.867. The first-order chi connectivity index (χ1) is 9.08. The van der Waals surface area contributed by atoms with Crippen LogP contribution in [0, 0.1) is 5.41 Å². The highest BCUT2D eigenvalue weighted by Crippen LogP contribution is 2.21. The highest BCUT2D eigenvalue weighted by Gasteiger charge is 2.40. The van der Waals surface area contributed by atoms with Gasteiger partial charge in [-0.1, -0.05) is 6.92 Å². The van der Waals surface area contributed by atoms with Crippen molar-refractivity contribution in [2.45, 2.75) is 47.1 Å². The second-order valence-electron chi connectivity index (χ2n) is 7.06. The number of rotatable bonds is 3. The molecule has 0 bridgehead atoms. The van der Waals surface area contributed by atoms with Crippen LogP contribution >= 0.6 is 0 Å². The molecule has 0 aromatic heterocycles. The van der Waals surface area contributed by atoms with Crippen LogP contribution in [0.3, 0.4) is 0 Å². The van der Waals surface area contributed by atoms with Gasteiger partial charge >= 0.3 is 0 Å². The predicted octanol–water partition coefficient (Wildman–Crippen LogP) is 1.09. The van der Waals surface area contributed by atoms with Gasteiger partial charge in [0.05, 0.1) is 0 Å². The lowest BCUT2D eigenvalue weighted by atomic mass is 9.88. The van der Waals surface area contributed by atoms with Gasteiger partial charge in [-0.3, -0.25) is 9.59 Å². The Labute approximate surface area is 122 Å². The van der Waals surface area contributed by atoms with Crippen molar-refractivity contribution in [3.05, 3.63) is 0 Å². The molecule has 0 aliphatic carbocycles. The molecule has 1 N–H and O–H groups in total.